The number of carbonyl (C=O) groups excluding carboxylic acids is 2. The van der Waals surface area contributed by atoms with Gasteiger partial charge in [0, 0.05) is 23.7 Å². The fourth-order valence-electron chi connectivity index (χ4n) is 11.0. The molecular formula is C30H42O7. The Labute approximate surface area is 219 Å². The van der Waals surface area contributed by atoms with Crippen LogP contribution in [-0.4, -0.2) is 46.9 Å². The van der Waals surface area contributed by atoms with E-state index in [2.05, 4.69) is 27.7 Å². The van der Waals surface area contributed by atoms with E-state index in [-0.39, 0.29) is 65.1 Å². The van der Waals surface area contributed by atoms with Crippen molar-refractivity contribution < 1.29 is 34.0 Å². The van der Waals surface area contributed by atoms with Crippen molar-refractivity contribution in [2.45, 2.75) is 104 Å². The third-order valence-electron chi connectivity index (χ3n) is 13.0. The van der Waals surface area contributed by atoms with E-state index in [1.165, 1.54) is 11.1 Å². The molecule has 2 bridgehead atoms. The molecule has 0 radical (unpaired) electrons. The number of aliphatic hydroxyl groups excluding tert-OH is 2. The van der Waals surface area contributed by atoms with Gasteiger partial charge in [-0.15, -0.1) is 0 Å². The standard InChI is InChI=1S/C30H42O7/c1-13-6-23-21(10-28(5)18(13)9-24(31)37-26(28)33)30(27(34)36-23)12-29-11-20(30)16(4)19(29)8-17-15(3)25(32)35-22(17)7-14(29)2/h13-15,17-18,20-24,26,31,33H,6-12H2,1-5H3/t13-,14-,15+,17-,18+,20+,21+,22-,23-,24-,26-,28+,29+,30-/m1/s1. The highest BCUT2D eigenvalue weighted by Gasteiger charge is 2.75. The van der Waals surface area contributed by atoms with Gasteiger partial charge in [0.2, 0.25) is 0 Å². The second-order valence-corrected chi connectivity index (χ2v) is 14.3. The van der Waals surface area contributed by atoms with Crippen molar-refractivity contribution in [2.75, 3.05) is 0 Å². The molecule has 7 nitrogen and oxygen atoms in total. The molecule has 0 aromatic carbocycles. The van der Waals surface area contributed by atoms with Crippen molar-refractivity contribution in [3.05, 3.63) is 11.1 Å². The summed E-state index contributed by atoms with van der Waals surface area (Å²) >= 11 is 0. The Balaban J connectivity index is 1.30. The average Bonchev–Trinajstić information content (AvgIpc) is 3.44. The first-order valence-electron chi connectivity index (χ1n) is 14.6. The van der Waals surface area contributed by atoms with E-state index < -0.39 is 23.4 Å². The largest absolute Gasteiger partial charge is 0.462 e. The molecule has 3 saturated heterocycles. The van der Waals surface area contributed by atoms with E-state index in [4.69, 9.17) is 14.2 Å². The Bertz CT molecular complexity index is 1080. The summed E-state index contributed by atoms with van der Waals surface area (Å²) in [4.78, 5) is 26.4. The molecule has 7 rings (SSSR count). The third-order valence-corrected chi connectivity index (χ3v) is 13.0. The molecule has 4 aliphatic carbocycles. The summed E-state index contributed by atoms with van der Waals surface area (Å²) in [5, 5.41) is 21.4. The molecule has 6 fully saturated rings. The van der Waals surface area contributed by atoms with Gasteiger partial charge in [0.15, 0.2) is 12.6 Å². The molecule has 7 aliphatic rings. The van der Waals surface area contributed by atoms with Crippen molar-refractivity contribution in [2.24, 2.45) is 57.7 Å². The van der Waals surface area contributed by atoms with Crippen molar-refractivity contribution in [3.8, 4) is 0 Å². The van der Waals surface area contributed by atoms with Gasteiger partial charge < -0.3 is 24.4 Å². The molecule has 7 heteroatoms. The number of ether oxygens (including phenoxy) is 3. The van der Waals surface area contributed by atoms with E-state index >= 15 is 0 Å². The van der Waals surface area contributed by atoms with Crippen LogP contribution in [0.5, 0.6) is 0 Å². The maximum absolute atomic E-state index is 14.0. The number of fused-ring (bicyclic) bond motifs is 6. The van der Waals surface area contributed by atoms with Crippen LogP contribution in [0.4, 0.5) is 0 Å². The van der Waals surface area contributed by atoms with Crippen LogP contribution < -0.4 is 0 Å². The fourth-order valence-corrected chi connectivity index (χ4v) is 11.0. The lowest BCUT2D eigenvalue weighted by atomic mass is 9.56. The van der Waals surface area contributed by atoms with Crippen molar-refractivity contribution in [3.63, 3.8) is 0 Å². The third kappa shape index (κ3) is 2.89. The fraction of sp³-hybridized carbons (Fsp3) is 0.867. The predicted molar refractivity (Wildman–Crippen MR) is 132 cm³/mol. The Hall–Kier alpha value is -1.44. The van der Waals surface area contributed by atoms with E-state index in [9.17, 15) is 19.8 Å². The van der Waals surface area contributed by atoms with E-state index in [0.29, 0.717) is 18.8 Å². The zero-order valence-electron chi connectivity index (χ0n) is 22.7. The van der Waals surface area contributed by atoms with Gasteiger partial charge in [-0.2, -0.15) is 0 Å². The van der Waals surface area contributed by atoms with Crippen molar-refractivity contribution in [1.29, 1.82) is 0 Å². The van der Waals surface area contributed by atoms with E-state index in [1.807, 2.05) is 6.92 Å². The first kappa shape index (κ1) is 24.6. The van der Waals surface area contributed by atoms with Crippen LogP contribution in [0.15, 0.2) is 11.1 Å². The second kappa shape index (κ2) is 7.60. The van der Waals surface area contributed by atoms with Crippen LogP contribution in [0.1, 0.15) is 79.6 Å². The van der Waals surface area contributed by atoms with Crippen LogP contribution in [0.2, 0.25) is 0 Å². The van der Waals surface area contributed by atoms with Crippen LogP contribution in [-0.2, 0) is 23.8 Å². The summed E-state index contributed by atoms with van der Waals surface area (Å²) in [5.41, 5.74) is 1.64. The smallest absolute Gasteiger partial charge is 0.313 e. The topological polar surface area (TPSA) is 102 Å². The van der Waals surface area contributed by atoms with Gasteiger partial charge in [-0.05, 0) is 74.5 Å². The Kier molecular flexibility index (Phi) is 5.05. The highest BCUT2D eigenvalue weighted by molar-refractivity contribution is 5.83. The molecule has 204 valence electrons. The summed E-state index contributed by atoms with van der Waals surface area (Å²) in [5.74, 6) is 0.803. The number of aliphatic hydroxyl groups is 2. The molecule has 0 unspecified atom stereocenters. The van der Waals surface area contributed by atoms with Crippen LogP contribution in [0.25, 0.3) is 0 Å². The number of esters is 2. The van der Waals surface area contributed by atoms with Crippen LogP contribution >= 0.6 is 0 Å². The van der Waals surface area contributed by atoms with Crippen molar-refractivity contribution in [1.82, 2.24) is 0 Å². The molecule has 3 heterocycles. The molecule has 3 aliphatic heterocycles. The maximum Gasteiger partial charge on any atom is 0.313 e. The van der Waals surface area contributed by atoms with Gasteiger partial charge in [-0.3, -0.25) is 9.59 Å². The number of rotatable bonds is 0. The van der Waals surface area contributed by atoms with Gasteiger partial charge in [0.1, 0.15) is 12.2 Å². The quantitative estimate of drug-likeness (QED) is 0.373. The van der Waals surface area contributed by atoms with Gasteiger partial charge in [0.05, 0.1) is 11.3 Å². The lowest BCUT2D eigenvalue weighted by Crippen LogP contribution is -2.52. The Morgan fingerprint density at radius 2 is 1.70 bits per heavy atom. The van der Waals surface area contributed by atoms with Gasteiger partial charge in [-0.1, -0.05) is 38.8 Å². The maximum atomic E-state index is 14.0. The highest BCUT2D eigenvalue weighted by Crippen LogP contribution is 2.76. The Morgan fingerprint density at radius 3 is 2.46 bits per heavy atom. The summed E-state index contributed by atoms with van der Waals surface area (Å²) < 4.78 is 17.7. The molecule has 14 atom stereocenters. The normalized spacial score (nSPS) is 58.3. The molecule has 3 saturated carbocycles. The molecule has 0 aromatic rings. The van der Waals surface area contributed by atoms with Gasteiger partial charge >= 0.3 is 11.9 Å². The number of hydrogen-bond acceptors (Lipinski definition) is 7. The Morgan fingerprint density at radius 1 is 0.946 bits per heavy atom. The molecular weight excluding hydrogens is 472 g/mol. The highest BCUT2D eigenvalue weighted by atomic mass is 16.7. The molecule has 0 amide bonds. The van der Waals surface area contributed by atoms with E-state index in [0.717, 1.165) is 32.1 Å². The summed E-state index contributed by atoms with van der Waals surface area (Å²) in [7, 11) is 0. The van der Waals surface area contributed by atoms with E-state index in [1.54, 1.807) is 0 Å². The predicted octanol–water partition coefficient (Wildman–Crippen LogP) is 3.96. The van der Waals surface area contributed by atoms with Crippen molar-refractivity contribution >= 4 is 11.9 Å². The monoisotopic (exact) mass is 514 g/mol. The lowest BCUT2D eigenvalue weighted by Gasteiger charge is -2.50. The average molecular weight is 515 g/mol. The molecule has 37 heavy (non-hydrogen) atoms. The molecule has 0 aromatic heterocycles. The van der Waals surface area contributed by atoms with Gasteiger partial charge in [-0.25, -0.2) is 0 Å². The molecule has 2 N–H and O–H groups in total. The van der Waals surface area contributed by atoms with Gasteiger partial charge in [0.25, 0.3) is 0 Å². The second-order valence-electron chi connectivity index (χ2n) is 14.3. The summed E-state index contributed by atoms with van der Waals surface area (Å²) in [6.07, 6.45) is 3.23. The number of carbonyl (C=O) groups is 2. The minimum absolute atomic E-state index is 0.0125. The minimum atomic E-state index is -1.06. The first-order valence-corrected chi connectivity index (χ1v) is 14.6. The first-order chi connectivity index (χ1) is 17.4. The summed E-state index contributed by atoms with van der Waals surface area (Å²) in [6.45, 7) is 10.8. The zero-order valence-corrected chi connectivity index (χ0v) is 22.7. The summed E-state index contributed by atoms with van der Waals surface area (Å²) in [6, 6.07) is 0. The molecule has 2 spiro atoms. The number of hydrogen-bond donors (Lipinski definition) is 2. The minimum Gasteiger partial charge on any atom is -0.462 e. The zero-order chi connectivity index (χ0) is 26.2. The van der Waals surface area contributed by atoms with Crippen LogP contribution in [0, 0.1) is 57.7 Å². The lowest BCUT2D eigenvalue weighted by molar-refractivity contribution is -0.305. The number of allylic oxidation sites excluding steroid dienone is 2. The SMILES string of the molecule is CC1=C2C[C@@H]3[C@H](C)C(=O)O[C@@H]3C[C@@H](C)[C@@]23C[C@@H]1[C@@]1(C3)C(=O)O[C@@H]2C[C@@H](C)[C@@H]3C[C@H](O)O[C@@H](O)[C@@]3(C)C[C@@H]21. The van der Waals surface area contributed by atoms with Crippen LogP contribution in [0.3, 0.4) is 0 Å².